The highest BCUT2D eigenvalue weighted by Gasteiger charge is 2.51. The number of halogens is 2. The minimum atomic E-state index is -3.01. The van der Waals surface area contributed by atoms with Crippen molar-refractivity contribution in [3.8, 4) is 86.1 Å². The summed E-state index contributed by atoms with van der Waals surface area (Å²) in [5.41, 5.74) is 12.5. The second-order valence-electron chi connectivity index (χ2n) is 35.5. The van der Waals surface area contributed by atoms with E-state index in [1.807, 2.05) is 186 Å². The Morgan fingerprint density at radius 3 is 1.54 bits per heavy atom. The molecule has 0 bridgehead atoms. The average Bonchev–Trinajstić information content (AvgIpc) is 1.34. The van der Waals surface area contributed by atoms with Crippen LogP contribution >= 0.6 is 0 Å². The van der Waals surface area contributed by atoms with Gasteiger partial charge in [0.15, 0.2) is 34.1 Å². The third-order valence-corrected chi connectivity index (χ3v) is 26.3. The zero-order valence-electron chi connectivity index (χ0n) is 76.2. The van der Waals surface area contributed by atoms with Crippen molar-refractivity contribution in [1.29, 1.82) is 5.26 Å². The highest BCUT2D eigenvalue weighted by molar-refractivity contribution is 5.98. The van der Waals surface area contributed by atoms with Gasteiger partial charge in [-0.25, -0.2) is 0 Å². The molecule has 0 N–H and O–H groups in total. The molecule has 4 aromatic heterocycles. The summed E-state index contributed by atoms with van der Waals surface area (Å²) < 4.78 is 87.6. The van der Waals surface area contributed by atoms with Crippen molar-refractivity contribution in [2.45, 2.75) is 155 Å². The number of rotatable bonds is 17. The van der Waals surface area contributed by atoms with E-state index < -0.39 is 29.0 Å². The number of alkyl halides is 2. The summed E-state index contributed by atoms with van der Waals surface area (Å²) in [6.07, 6.45) is 11.3. The molecular formula is C106H110F2N10O14. The smallest absolute Gasteiger partial charge is 0.387 e. The van der Waals surface area contributed by atoms with Crippen LogP contribution in [0.1, 0.15) is 197 Å². The number of aromatic nitrogens is 5. The van der Waals surface area contributed by atoms with Gasteiger partial charge in [0.2, 0.25) is 0 Å². The van der Waals surface area contributed by atoms with Gasteiger partial charge in [-0.15, -0.1) is 0 Å². The first-order chi connectivity index (χ1) is 63.8. The fraction of sp³-hybridized carbons (Fsp3) is 0.349. The molecule has 4 fully saturated rings. The first kappa shape index (κ1) is 89.9. The van der Waals surface area contributed by atoms with Crippen molar-refractivity contribution in [1.82, 2.24) is 43.1 Å². The number of piperidine rings is 4. The van der Waals surface area contributed by atoms with E-state index in [2.05, 4.69) is 88.4 Å². The quantitative estimate of drug-likeness (QED) is 0.0770. The maximum absolute atomic E-state index is 13.4. The lowest BCUT2D eigenvalue weighted by Gasteiger charge is -2.45. The van der Waals surface area contributed by atoms with Gasteiger partial charge in [-0.05, 0) is 204 Å². The third kappa shape index (κ3) is 17.6. The Morgan fingerprint density at radius 1 is 0.485 bits per heavy atom. The number of para-hydroxylation sites is 8. The molecule has 8 aromatic carbocycles. The summed E-state index contributed by atoms with van der Waals surface area (Å²) in [6.45, 7) is 18.6. The SMILES string of the molecule is CC(=O)c1ccc2n1-c1ccccc1OC21CCN(C(=O)c2ccccc2OC(F)F)CC1.CCCOc1ccc(C(=O)N2CCC3(CC2)Oc2ccccc2-n2cccc23)cc1C#N.COc1cc(C(=O)N2CCC3(CC2)Oc2ccccc2-c2c3cnn2C)ccc1OCCC(C)C.Cc1cc(C(=O)N2CCC3(CC2)Oc2ccccc2-n2c(C)ccc23)ccc1OC(C)C. The Balaban J connectivity index is 0.000000123. The highest BCUT2D eigenvalue weighted by atomic mass is 19.3. The van der Waals surface area contributed by atoms with E-state index in [0.29, 0.717) is 161 Å². The number of likely N-dealkylation sites (tertiary alicyclic amines) is 4. The lowest BCUT2D eigenvalue weighted by Crippen LogP contribution is -2.50. The van der Waals surface area contributed by atoms with Crippen molar-refractivity contribution in [3.63, 3.8) is 0 Å². The summed E-state index contributed by atoms with van der Waals surface area (Å²) >= 11 is 0. The maximum Gasteiger partial charge on any atom is 0.387 e. The minimum Gasteiger partial charge on any atom is -0.493 e. The number of nitrogens with zero attached hydrogens (tertiary/aromatic N) is 10. The van der Waals surface area contributed by atoms with E-state index in [0.717, 1.165) is 99.5 Å². The van der Waals surface area contributed by atoms with Crippen molar-refractivity contribution < 1.29 is 75.4 Å². The van der Waals surface area contributed by atoms with Gasteiger partial charge in [0, 0.05) is 157 Å². The molecule has 26 heteroatoms. The van der Waals surface area contributed by atoms with Crippen molar-refractivity contribution >= 4 is 29.4 Å². The van der Waals surface area contributed by atoms with Gasteiger partial charge < -0.3 is 75.9 Å². The second kappa shape index (κ2) is 37.8. The Labute approximate surface area is 767 Å². The zero-order valence-corrected chi connectivity index (χ0v) is 76.2. The third-order valence-electron chi connectivity index (χ3n) is 26.3. The van der Waals surface area contributed by atoms with Crippen LogP contribution in [0, 0.1) is 31.1 Å². The number of carbonyl (C=O) groups excluding carboxylic acids is 5. The number of fused-ring (bicyclic) bond motifs is 16. The van der Waals surface area contributed by atoms with Crippen LogP contribution in [0.4, 0.5) is 8.78 Å². The van der Waals surface area contributed by atoms with Crippen LogP contribution < -0.4 is 42.6 Å². The van der Waals surface area contributed by atoms with Crippen LogP contribution in [-0.4, -0.2) is 158 Å². The lowest BCUT2D eigenvalue weighted by molar-refractivity contribution is -0.0504. The van der Waals surface area contributed by atoms with Crippen molar-refractivity contribution in [2.75, 3.05) is 72.7 Å². The summed E-state index contributed by atoms with van der Waals surface area (Å²) in [6, 6.07) is 68.6. The monoisotopic (exact) mass is 1780 g/mol. The zero-order chi connectivity index (χ0) is 92.3. The maximum atomic E-state index is 13.4. The molecular weight excluding hydrogens is 1680 g/mol. The lowest BCUT2D eigenvalue weighted by atomic mass is 9.81. The summed E-state index contributed by atoms with van der Waals surface area (Å²) in [4.78, 5) is 72.5. The summed E-state index contributed by atoms with van der Waals surface area (Å²) in [5.74, 6) is 5.97. The highest BCUT2D eigenvalue weighted by Crippen LogP contribution is 2.53. The van der Waals surface area contributed by atoms with E-state index in [-0.39, 0.29) is 46.8 Å². The number of aryl methyl sites for hydroxylation is 3. The van der Waals surface area contributed by atoms with Gasteiger partial charge in [0.05, 0.1) is 89.3 Å². The van der Waals surface area contributed by atoms with Crippen LogP contribution in [0.3, 0.4) is 0 Å². The summed E-state index contributed by atoms with van der Waals surface area (Å²) in [5, 5.41) is 14.0. The number of amides is 4. The molecule has 20 rings (SSSR count). The standard InChI is InChI=1S/C28H33N3O4.C27H30N2O3.C26H25N3O3.C25H22F2N2O4/c1-19(2)11-16-34-24-10-9-20(17-25(24)33-4)27(32)31-14-12-28(13-15-31)22-18-29-30(3)26(22)21-7-5-6-8-23(21)35-28;1-18(2)31-23-11-10-21(17-19(23)3)26(30)28-15-13-27(14-16-28)25-12-9-20(4)29(25)22-7-5-6-8-24(22)32-27;1-2-16-31-22-10-9-19(17-20(22)18-27)25(30)28-14-11-26(12-15-28)24-8-5-13-29(24)21-6-3-4-7-23(21)32-26;1-16(30)18-10-11-22-25(33-21-9-5-3-7-19(21)29(18)22)12-14-28(15-13-25)23(31)17-6-2-4-8-20(17)32-24(26)27/h5-10,17-19H,11-16H2,1-4H3;5-12,17-18H,13-16H2,1-4H3;3-10,13,17H,2,11-12,14-16H2,1H3;2-11,24H,12-15H2,1H3. The molecule has 12 aromatic rings. The van der Waals surface area contributed by atoms with Crippen LogP contribution in [-0.2, 0) is 29.5 Å². The molecule has 132 heavy (non-hydrogen) atoms. The van der Waals surface area contributed by atoms with Gasteiger partial charge in [-0.1, -0.05) is 81.4 Å². The molecule has 0 aliphatic carbocycles. The molecule has 4 spiro atoms. The molecule has 682 valence electrons. The predicted molar refractivity (Wildman–Crippen MR) is 495 cm³/mol. The number of ketones is 1. The average molecular weight is 1790 g/mol. The number of hydrogen-bond acceptors (Lipinski definition) is 16. The van der Waals surface area contributed by atoms with Gasteiger partial charge in [-0.2, -0.15) is 19.1 Å². The number of hydrogen-bond donors (Lipinski definition) is 0. The first-order valence-electron chi connectivity index (χ1n) is 45.6. The number of nitriles is 1. The van der Waals surface area contributed by atoms with Gasteiger partial charge in [0.1, 0.15) is 51.9 Å². The van der Waals surface area contributed by atoms with E-state index in [1.54, 1.807) is 54.5 Å². The molecule has 8 aliphatic heterocycles. The first-order valence-corrected chi connectivity index (χ1v) is 45.6. The number of carbonyl (C=O) groups is 5. The fourth-order valence-electron chi connectivity index (χ4n) is 19.5. The van der Waals surface area contributed by atoms with E-state index in [9.17, 15) is 38.0 Å². The van der Waals surface area contributed by atoms with Crippen molar-refractivity contribution in [2.24, 2.45) is 13.0 Å². The molecule has 24 nitrogen and oxygen atoms in total. The number of Topliss-reactive ketones (excluding diaryl/α,β-unsaturated/α-hetero) is 1. The minimum absolute atomic E-state index is 0.00509. The normalized spacial score (nSPS) is 16.1. The van der Waals surface area contributed by atoms with Gasteiger partial charge >= 0.3 is 6.61 Å². The van der Waals surface area contributed by atoms with Gasteiger partial charge in [0.25, 0.3) is 23.6 Å². The number of methoxy groups -OCH3 is 1. The van der Waals surface area contributed by atoms with Crippen LogP contribution in [0.15, 0.2) is 225 Å². The van der Waals surface area contributed by atoms with Gasteiger partial charge in [-0.3, -0.25) is 28.7 Å². The van der Waals surface area contributed by atoms with Crippen LogP contribution in [0.25, 0.3) is 28.3 Å². The molecule has 8 aliphatic rings. The second-order valence-corrected chi connectivity index (χ2v) is 35.5. The molecule has 0 radical (unpaired) electrons. The van der Waals surface area contributed by atoms with Crippen molar-refractivity contribution in [3.05, 3.63) is 292 Å². The predicted octanol–water partition coefficient (Wildman–Crippen LogP) is 19.9. The Hall–Kier alpha value is -14.1. The Kier molecular flexibility index (Phi) is 25.7. The molecule has 0 unspecified atom stereocenters. The number of benzene rings is 8. The Morgan fingerprint density at radius 2 is 0.970 bits per heavy atom. The molecule has 12 heterocycles. The number of ether oxygens (including phenoxy) is 9. The van der Waals surface area contributed by atoms with Crippen LogP contribution in [0.5, 0.6) is 51.7 Å². The van der Waals surface area contributed by atoms with E-state index >= 15 is 0 Å². The largest absolute Gasteiger partial charge is 0.493 e. The Bertz CT molecular complexity index is 6340. The van der Waals surface area contributed by atoms with Crippen LogP contribution in [0.2, 0.25) is 0 Å². The topological polar surface area (TPSA) is 238 Å². The summed E-state index contributed by atoms with van der Waals surface area (Å²) in [7, 11) is 3.57. The molecule has 0 atom stereocenters. The van der Waals surface area contributed by atoms with E-state index in [4.69, 9.17) is 37.9 Å². The molecule has 0 saturated carbocycles. The van der Waals surface area contributed by atoms with E-state index in [1.165, 1.54) is 30.4 Å². The fourth-order valence-corrected chi connectivity index (χ4v) is 19.5. The molecule has 4 amide bonds. The molecule has 4 saturated heterocycles.